The van der Waals surface area contributed by atoms with Crippen LogP contribution in [0.4, 0.5) is 0 Å². The Hall–Kier alpha value is -0.610. The molecule has 4 aliphatic rings. The smallest absolute Gasteiger partial charge is 0.302 e. The Morgan fingerprint density at radius 2 is 1.69 bits per heavy atom. The molecule has 166 valence electrons. The van der Waals surface area contributed by atoms with Gasteiger partial charge in [-0.3, -0.25) is 4.79 Å². The summed E-state index contributed by atoms with van der Waals surface area (Å²) in [7, 11) is 4.24. The van der Waals surface area contributed by atoms with Gasteiger partial charge in [-0.15, -0.1) is 0 Å². The Kier molecular flexibility index (Phi) is 6.07. The normalized spacial score (nSPS) is 46.7. The van der Waals surface area contributed by atoms with E-state index in [-0.39, 0.29) is 17.5 Å². The van der Waals surface area contributed by atoms with Crippen LogP contribution in [0.5, 0.6) is 0 Å². The molecule has 0 aromatic rings. The lowest BCUT2D eigenvalue weighted by atomic mass is 9.45. The molecule has 4 unspecified atom stereocenters. The maximum absolute atomic E-state index is 11.6. The monoisotopic (exact) mass is 405 g/mol. The zero-order valence-corrected chi connectivity index (χ0v) is 19.4. The van der Waals surface area contributed by atoms with Gasteiger partial charge in [0.05, 0.1) is 12.7 Å². The number of carbonyl (C=O) groups excluding carboxylic acids is 1. The van der Waals surface area contributed by atoms with Crippen LogP contribution < -0.4 is 0 Å². The topological polar surface area (TPSA) is 38.8 Å². The van der Waals surface area contributed by atoms with Crippen molar-refractivity contribution in [3.63, 3.8) is 0 Å². The van der Waals surface area contributed by atoms with Crippen molar-refractivity contribution in [1.29, 1.82) is 0 Å². The van der Waals surface area contributed by atoms with Crippen LogP contribution in [0.1, 0.15) is 78.6 Å². The highest BCUT2D eigenvalue weighted by Crippen LogP contribution is 2.66. The van der Waals surface area contributed by atoms with Crippen LogP contribution in [0.3, 0.4) is 0 Å². The molecule has 4 rings (SSSR count). The molecule has 0 heterocycles. The van der Waals surface area contributed by atoms with Crippen molar-refractivity contribution in [3.8, 4) is 0 Å². The summed E-state index contributed by atoms with van der Waals surface area (Å²) >= 11 is 0. The second-order valence-corrected chi connectivity index (χ2v) is 11.4. The Bertz CT molecular complexity index is 607. The van der Waals surface area contributed by atoms with E-state index < -0.39 is 0 Å². The van der Waals surface area contributed by atoms with E-state index in [4.69, 9.17) is 9.47 Å². The largest absolute Gasteiger partial charge is 0.462 e. The van der Waals surface area contributed by atoms with Crippen LogP contribution in [0.25, 0.3) is 0 Å². The minimum absolute atomic E-state index is 0.0951. The molecule has 0 aromatic carbocycles. The molecule has 29 heavy (non-hydrogen) atoms. The number of hydrogen-bond acceptors (Lipinski definition) is 4. The standard InChI is InChI=1S/C25H43NO3/c1-17(27)29-23-9-8-21-20-7-6-18-16-19(28-15-14-26(4)5)10-12-24(18,2)22(20)11-13-25(21,23)3/h18-23H,6-16H2,1-5H3/t18?,19-,20?,21?,22?,23-,24-,25-/m0/s1. The summed E-state index contributed by atoms with van der Waals surface area (Å²) in [6, 6.07) is 0. The third-order valence-electron chi connectivity index (χ3n) is 9.73. The number of carbonyl (C=O) groups is 1. The first-order chi connectivity index (χ1) is 13.7. The predicted molar refractivity (Wildman–Crippen MR) is 116 cm³/mol. The summed E-state index contributed by atoms with van der Waals surface area (Å²) in [4.78, 5) is 13.9. The van der Waals surface area contributed by atoms with E-state index in [2.05, 4.69) is 32.8 Å². The number of hydrogen-bond donors (Lipinski definition) is 0. The zero-order valence-electron chi connectivity index (χ0n) is 19.4. The first-order valence-corrected chi connectivity index (χ1v) is 12.2. The molecule has 4 saturated carbocycles. The number of nitrogens with zero attached hydrogens (tertiary/aromatic N) is 1. The van der Waals surface area contributed by atoms with Gasteiger partial charge in [0.25, 0.3) is 0 Å². The van der Waals surface area contributed by atoms with Gasteiger partial charge < -0.3 is 14.4 Å². The highest BCUT2D eigenvalue weighted by molar-refractivity contribution is 5.66. The maximum atomic E-state index is 11.6. The highest BCUT2D eigenvalue weighted by atomic mass is 16.5. The fourth-order valence-electron chi connectivity index (χ4n) is 8.12. The third kappa shape index (κ3) is 3.89. The van der Waals surface area contributed by atoms with E-state index in [0.29, 0.717) is 11.5 Å². The van der Waals surface area contributed by atoms with Crippen LogP contribution in [0.2, 0.25) is 0 Å². The van der Waals surface area contributed by atoms with Gasteiger partial charge in [-0.1, -0.05) is 13.8 Å². The summed E-state index contributed by atoms with van der Waals surface area (Å²) in [6.07, 6.45) is 12.1. The van der Waals surface area contributed by atoms with Crippen molar-refractivity contribution in [3.05, 3.63) is 0 Å². The second-order valence-electron chi connectivity index (χ2n) is 11.4. The van der Waals surface area contributed by atoms with E-state index in [0.717, 1.165) is 43.2 Å². The van der Waals surface area contributed by atoms with E-state index >= 15 is 0 Å². The molecule has 0 saturated heterocycles. The lowest BCUT2D eigenvalue weighted by Gasteiger charge is -2.60. The zero-order chi connectivity index (χ0) is 20.8. The second kappa shape index (κ2) is 8.15. The molecule has 0 bridgehead atoms. The lowest BCUT2D eigenvalue weighted by molar-refractivity contribution is -0.164. The number of likely N-dealkylation sites (N-methyl/N-ethyl adjacent to an activating group) is 1. The molecular weight excluding hydrogens is 362 g/mol. The van der Waals surface area contributed by atoms with Gasteiger partial charge in [0.1, 0.15) is 6.10 Å². The van der Waals surface area contributed by atoms with Crippen molar-refractivity contribution >= 4 is 5.97 Å². The van der Waals surface area contributed by atoms with Gasteiger partial charge in [-0.2, -0.15) is 0 Å². The summed E-state index contributed by atoms with van der Waals surface area (Å²) in [5.74, 6) is 3.18. The van der Waals surface area contributed by atoms with E-state index in [1.54, 1.807) is 6.92 Å². The van der Waals surface area contributed by atoms with E-state index in [1.165, 1.54) is 51.4 Å². The van der Waals surface area contributed by atoms with Crippen LogP contribution >= 0.6 is 0 Å². The van der Waals surface area contributed by atoms with Crippen molar-refractivity contribution in [2.24, 2.45) is 34.5 Å². The Morgan fingerprint density at radius 1 is 0.966 bits per heavy atom. The Balaban J connectivity index is 1.42. The summed E-state index contributed by atoms with van der Waals surface area (Å²) in [5.41, 5.74) is 0.702. The number of fused-ring (bicyclic) bond motifs is 5. The van der Waals surface area contributed by atoms with Crippen molar-refractivity contribution in [2.45, 2.75) is 90.8 Å². The Morgan fingerprint density at radius 3 is 2.41 bits per heavy atom. The molecule has 0 aromatic heterocycles. The van der Waals surface area contributed by atoms with Gasteiger partial charge in [0.2, 0.25) is 0 Å². The van der Waals surface area contributed by atoms with Gasteiger partial charge >= 0.3 is 5.97 Å². The molecule has 4 aliphatic carbocycles. The van der Waals surface area contributed by atoms with Crippen LogP contribution in [-0.2, 0) is 14.3 Å². The quantitative estimate of drug-likeness (QED) is 0.609. The molecule has 0 amide bonds. The first kappa shape index (κ1) is 21.6. The molecule has 0 N–H and O–H groups in total. The van der Waals surface area contributed by atoms with Crippen LogP contribution in [0.15, 0.2) is 0 Å². The van der Waals surface area contributed by atoms with Gasteiger partial charge in [0.15, 0.2) is 0 Å². The SMILES string of the molecule is CC(=O)O[C@H]1CCC2C3CCC4C[C@@H](OCCN(C)C)CC[C@]4(C)C3CC[C@@]21C. The van der Waals surface area contributed by atoms with E-state index in [9.17, 15) is 4.79 Å². The number of esters is 1. The molecule has 4 fully saturated rings. The maximum Gasteiger partial charge on any atom is 0.302 e. The van der Waals surface area contributed by atoms with Crippen molar-refractivity contribution in [2.75, 3.05) is 27.2 Å². The molecule has 0 aliphatic heterocycles. The predicted octanol–water partition coefficient (Wildman–Crippen LogP) is 4.91. The molecule has 4 heteroatoms. The van der Waals surface area contributed by atoms with E-state index in [1.807, 2.05) is 0 Å². The minimum atomic E-state index is -0.0951. The first-order valence-electron chi connectivity index (χ1n) is 12.2. The summed E-state index contributed by atoms with van der Waals surface area (Å²) < 4.78 is 12.1. The van der Waals surface area contributed by atoms with Crippen LogP contribution in [-0.4, -0.2) is 50.3 Å². The lowest BCUT2D eigenvalue weighted by Crippen LogP contribution is -2.54. The highest BCUT2D eigenvalue weighted by Gasteiger charge is 2.61. The minimum Gasteiger partial charge on any atom is -0.462 e. The van der Waals surface area contributed by atoms with Crippen molar-refractivity contribution in [1.82, 2.24) is 4.90 Å². The van der Waals surface area contributed by atoms with Crippen molar-refractivity contribution < 1.29 is 14.3 Å². The molecule has 4 nitrogen and oxygen atoms in total. The van der Waals surface area contributed by atoms with Gasteiger partial charge in [-0.25, -0.2) is 0 Å². The molecule has 0 radical (unpaired) electrons. The average molecular weight is 406 g/mol. The van der Waals surface area contributed by atoms with Crippen LogP contribution in [0, 0.1) is 34.5 Å². The van der Waals surface area contributed by atoms with Gasteiger partial charge in [0, 0.05) is 18.9 Å². The number of ether oxygens (including phenoxy) is 2. The summed E-state index contributed by atoms with van der Waals surface area (Å²) in [5, 5.41) is 0. The Labute approximate surface area is 178 Å². The van der Waals surface area contributed by atoms with Gasteiger partial charge in [-0.05, 0) is 101 Å². The fraction of sp³-hybridized carbons (Fsp3) is 0.960. The average Bonchev–Trinajstić information content (AvgIpc) is 2.97. The summed E-state index contributed by atoms with van der Waals surface area (Å²) in [6.45, 7) is 8.51. The third-order valence-corrected chi connectivity index (χ3v) is 9.73. The molecular formula is C25H43NO3. The fourth-order valence-corrected chi connectivity index (χ4v) is 8.12. The number of rotatable bonds is 5. The molecule has 8 atom stereocenters. The molecule has 0 spiro atoms.